The Morgan fingerprint density at radius 1 is 1.18 bits per heavy atom. The molecule has 0 atom stereocenters. The number of nitrogens with one attached hydrogen (secondary N) is 1. The van der Waals surface area contributed by atoms with Crippen LogP contribution in [0.15, 0.2) is 64.9 Å². The van der Waals surface area contributed by atoms with Gasteiger partial charge in [-0.15, -0.1) is 11.3 Å². The number of aromatic nitrogens is 1. The molecule has 1 fully saturated rings. The number of amides is 1. The molecular weight excluding hydrogens is 458 g/mol. The van der Waals surface area contributed by atoms with Gasteiger partial charge >= 0.3 is 0 Å². The summed E-state index contributed by atoms with van der Waals surface area (Å²) in [6.45, 7) is 3.46. The van der Waals surface area contributed by atoms with Gasteiger partial charge in [-0.1, -0.05) is 12.1 Å². The molecule has 0 unspecified atom stereocenters. The quantitative estimate of drug-likeness (QED) is 0.478. The summed E-state index contributed by atoms with van der Waals surface area (Å²) in [6.07, 6.45) is 4.90. The monoisotopic (exact) mass is 483 g/mol. The lowest BCUT2D eigenvalue weighted by Crippen LogP contribution is -2.27. The molecule has 3 aromatic rings. The van der Waals surface area contributed by atoms with Crippen LogP contribution in [0, 0.1) is 6.92 Å². The van der Waals surface area contributed by atoms with Crippen molar-refractivity contribution in [2.45, 2.75) is 31.3 Å². The minimum absolute atomic E-state index is 0.238. The number of ether oxygens (including phenoxy) is 1. The molecule has 1 saturated heterocycles. The minimum Gasteiger partial charge on any atom is -0.487 e. The standard InChI is InChI=1S/C24H25N3O4S2/c1-18-25-21(17-32-18)16-31-22-6-4-5-19(15-22)7-12-24(28)26-20-8-10-23(11-9-20)33(29,30)27-13-2-3-14-27/h4-12,15,17H,2-3,13-14,16H2,1H3,(H,26,28)/b12-7+. The SMILES string of the molecule is Cc1nc(COc2cccc(/C=C/C(=O)Nc3ccc(S(=O)(=O)N4CCCC4)cc3)c2)cs1. The third kappa shape index (κ3) is 6.07. The van der Waals surface area contributed by atoms with Crippen molar-refractivity contribution in [3.05, 3.63) is 76.3 Å². The van der Waals surface area contributed by atoms with Crippen LogP contribution in [0.2, 0.25) is 0 Å². The lowest BCUT2D eigenvalue weighted by Gasteiger charge is -2.15. The van der Waals surface area contributed by atoms with E-state index in [9.17, 15) is 13.2 Å². The third-order valence-corrected chi connectivity index (χ3v) is 7.90. The Morgan fingerprint density at radius 3 is 2.64 bits per heavy atom. The average Bonchev–Trinajstić information content (AvgIpc) is 3.49. The van der Waals surface area contributed by atoms with E-state index in [1.165, 1.54) is 22.5 Å². The second kappa shape index (κ2) is 10.3. The van der Waals surface area contributed by atoms with Crippen LogP contribution in [-0.4, -0.2) is 36.7 Å². The van der Waals surface area contributed by atoms with E-state index in [4.69, 9.17) is 4.74 Å². The van der Waals surface area contributed by atoms with Crippen LogP contribution < -0.4 is 10.1 Å². The maximum atomic E-state index is 12.6. The summed E-state index contributed by atoms with van der Waals surface area (Å²) in [6, 6.07) is 13.7. The molecule has 0 spiro atoms. The molecule has 1 aliphatic heterocycles. The van der Waals surface area contributed by atoms with Crippen molar-refractivity contribution in [1.29, 1.82) is 0 Å². The van der Waals surface area contributed by atoms with Crippen LogP contribution >= 0.6 is 11.3 Å². The minimum atomic E-state index is -3.46. The highest BCUT2D eigenvalue weighted by atomic mass is 32.2. The average molecular weight is 484 g/mol. The van der Waals surface area contributed by atoms with Crippen LogP contribution in [0.3, 0.4) is 0 Å². The van der Waals surface area contributed by atoms with Crippen LogP contribution in [0.4, 0.5) is 5.69 Å². The Bertz CT molecular complexity index is 1240. The molecule has 2 aromatic carbocycles. The predicted molar refractivity (Wildman–Crippen MR) is 130 cm³/mol. The number of carbonyl (C=O) groups is 1. The smallest absolute Gasteiger partial charge is 0.248 e. The highest BCUT2D eigenvalue weighted by molar-refractivity contribution is 7.89. The van der Waals surface area contributed by atoms with Gasteiger partial charge < -0.3 is 10.1 Å². The molecule has 172 valence electrons. The molecule has 7 nitrogen and oxygen atoms in total. The zero-order chi connectivity index (χ0) is 23.3. The Morgan fingerprint density at radius 2 is 1.94 bits per heavy atom. The van der Waals surface area contributed by atoms with E-state index in [1.807, 2.05) is 36.6 Å². The van der Waals surface area contributed by atoms with Crippen LogP contribution in [0.1, 0.15) is 29.1 Å². The highest BCUT2D eigenvalue weighted by Crippen LogP contribution is 2.22. The van der Waals surface area contributed by atoms with E-state index in [0.29, 0.717) is 31.1 Å². The first-order valence-electron chi connectivity index (χ1n) is 10.6. The summed E-state index contributed by atoms with van der Waals surface area (Å²) in [7, 11) is -3.46. The Kier molecular flexibility index (Phi) is 7.22. The first-order chi connectivity index (χ1) is 15.9. The Hall–Kier alpha value is -3.01. The number of anilines is 1. The zero-order valence-electron chi connectivity index (χ0n) is 18.2. The van der Waals surface area contributed by atoms with Gasteiger partial charge in [-0.25, -0.2) is 13.4 Å². The fourth-order valence-corrected chi connectivity index (χ4v) is 5.60. The van der Waals surface area contributed by atoms with Gasteiger partial charge in [0, 0.05) is 30.2 Å². The molecule has 2 heterocycles. The second-order valence-corrected chi connectivity index (χ2v) is 10.7. The van der Waals surface area contributed by atoms with E-state index in [0.717, 1.165) is 29.1 Å². The summed E-state index contributed by atoms with van der Waals surface area (Å²) in [5.74, 6) is 0.382. The number of rotatable bonds is 8. The predicted octanol–water partition coefficient (Wildman–Crippen LogP) is 4.47. The molecule has 33 heavy (non-hydrogen) atoms. The van der Waals surface area contributed by atoms with Crippen molar-refractivity contribution in [3.63, 3.8) is 0 Å². The van der Waals surface area contributed by atoms with Crippen LogP contribution in [-0.2, 0) is 21.4 Å². The number of benzene rings is 2. The van der Waals surface area contributed by atoms with Gasteiger partial charge in [0.1, 0.15) is 12.4 Å². The summed E-state index contributed by atoms with van der Waals surface area (Å²) >= 11 is 1.58. The molecular formula is C24H25N3O4S2. The lowest BCUT2D eigenvalue weighted by atomic mass is 10.2. The summed E-state index contributed by atoms with van der Waals surface area (Å²) < 4.78 is 32.5. The number of sulfonamides is 1. The first-order valence-corrected chi connectivity index (χ1v) is 13.0. The maximum absolute atomic E-state index is 12.6. The molecule has 0 radical (unpaired) electrons. The van der Waals surface area contributed by atoms with E-state index in [-0.39, 0.29) is 10.8 Å². The normalized spacial score (nSPS) is 14.6. The highest BCUT2D eigenvalue weighted by Gasteiger charge is 2.26. The van der Waals surface area contributed by atoms with Crippen molar-refractivity contribution in [1.82, 2.24) is 9.29 Å². The first kappa shape index (κ1) is 23.2. The van der Waals surface area contributed by atoms with Crippen molar-refractivity contribution >= 4 is 39.0 Å². The fraction of sp³-hybridized carbons (Fsp3) is 0.250. The number of carbonyl (C=O) groups excluding carboxylic acids is 1. The third-order valence-electron chi connectivity index (χ3n) is 5.16. The van der Waals surface area contributed by atoms with Gasteiger partial charge in [0.25, 0.3) is 0 Å². The number of nitrogens with zero attached hydrogens (tertiary/aromatic N) is 2. The molecule has 0 bridgehead atoms. The van der Waals surface area contributed by atoms with Crippen molar-refractivity contribution in [2.24, 2.45) is 0 Å². The second-order valence-electron chi connectivity index (χ2n) is 7.68. The molecule has 4 rings (SSSR count). The lowest BCUT2D eigenvalue weighted by molar-refractivity contribution is -0.111. The molecule has 1 N–H and O–H groups in total. The fourth-order valence-electron chi connectivity index (χ4n) is 3.48. The van der Waals surface area contributed by atoms with Crippen molar-refractivity contribution < 1.29 is 17.9 Å². The molecule has 1 aliphatic rings. The van der Waals surface area contributed by atoms with Crippen molar-refractivity contribution in [2.75, 3.05) is 18.4 Å². The largest absolute Gasteiger partial charge is 0.487 e. The summed E-state index contributed by atoms with van der Waals surface area (Å²) in [4.78, 5) is 16.9. The van der Waals surface area contributed by atoms with E-state index in [2.05, 4.69) is 10.3 Å². The topological polar surface area (TPSA) is 88.6 Å². The van der Waals surface area contributed by atoms with E-state index < -0.39 is 10.0 Å². The number of thiazole rings is 1. The van der Waals surface area contributed by atoms with Crippen LogP contribution in [0.5, 0.6) is 5.75 Å². The van der Waals surface area contributed by atoms with Gasteiger partial charge in [-0.3, -0.25) is 4.79 Å². The van der Waals surface area contributed by atoms with Gasteiger partial charge in [-0.2, -0.15) is 4.31 Å². The number of aryl methyl sites for hydroxylation is 1. The van der Waals surface area contributed by atoms with Gasteiger partial charge in [0.2, 0.25) is 15.9 Å². The van der Waals surface area contributed by atoms with Crippen molar-refractivity contribution in [3.8, 4) is 5.75 Å². The molecule has 1 aromatic heterocycles. The Balaban J connectivity index is 1.33. The van der Waals surface area contributed by atoms with Gasteiger partial charge in [0.05, 0.1) is 15.6 Å². The molecule has 9 heteroatoms. The molecule has 0 aliphatic carbocycles. The summed E-state index contributed by atoms with van der Waals surface area (Å²) in [5, 5.41) is 5.72. The molecule has 1 amide bonds. The van der Waals surface area contributed by atoms with Gasteiger partial charge in [-0.05, 0) is 67.8 Å². The van der Waals surface area contributed by atoms with Gasteiger partial charge in [0.15, 0.2) is 0 Å². The zero-order valence-corrected chi connectivity index (χ0v) is 19.9. The number of hydrogen-bond donors (Lipinski definition) is 1. The number of hydrogen-bond acceptors (Lipinski definition) is 6. The molecule has 0 saturated carbocycles. The summed E-state index contributed by atoms with van der Waals surface area (Å²) in [5.41, 5.74) is 2.24. The Labute approximate surface area is 197 Å². The maximum Gasteiger partial charge on any atom is 0.248 e. The van der Waals surface area contributed by atoms with E-state index in [1.54, 1.807) is 29.5 Å². The van der Waals surface area contributed by atoms with Crippen LogP contribution in [0.25, 0.3) is 6.08 Å². The van der Waals surface area contributed by atoms with E-state index >= 15 is 0 Å².